The van der Waals surface area contributed by atoms with E-state index in [2.05, 4.69) is 11.4 Å². The fourth-order valence-corrected chi connectivity index (χ4v) is 2.02. The first-order chi connectivity index (χ1) is 7.84. The van der Waals surface area contributed by atoms with E-state index in [1.165, 1.54) is 4.88 Å². The number of hydrogen-bond donors (Lipinski definition) is 1. The van der Waals surface area contributed by atoms with E-state index >= 15 is 0 Å². The van der Waals surface area contributed by atoms with Crippen LogP contribution in [0, 0.1) is 0 Å². The molecule has 0 aliphatic rings. The van der Waals surface area contributed by atoms with Crippen molar-refractivity contribution in [2.75, 3.05) is 0 Å². The number of thiocarbonyl (C=S) groups is 1. The van der Waals surface area contributed by atoms with E-state index in [4.69, 9.17) is 17.0 Å². The lowest BCUT2D eigenvalue weighted by Gasteiger charge is -2.07. The number of benzene rings is 1. The number of rotatable bonds is 3. The topological polar surface area (TPSA) is 21.3 Å². The maximum atomic E-state index is 5.44. The second-order valence-corrected chi connectivity index (χ2v) is 4.54. The zero-order valence-electron chi connectivity index (χ0n) is 8.55. The second-order valence-electron chi connectivity index (χ2n) is 3.14. The van der Waals surface area contributed by atoms with E-state index in [1.54, 1.807) is 11.3 Å². The molecule has 82 valence electrons. The number of nitrogens with one attached hydrogen (secondary N) is 1. The molecule has 2 aromatic rings. The van der Waals surface area contributed by atoms with Gasteiger partial charge in [0, 0.05) is 4.88 Å². The minimum Gasteiger partial charge on any atom is -0.432 e. The molecule has 0 radical (unpaired) electrons. The van der Waals surface area contributed by atoms with Crippen molar-refractivity contribution < 1.29 is 4.74 Å². The Hall–Kier alpha value is -1.39. The predicted molar refractivity (Wildman–Crippen MR) is 70.8 cm³/mol. The van der Waals surface area contributed by atoms with E-state index in [0.717, 1.165) is 5.75 Å². The molecule has 1 aromatic carbocycles. The van der Waals surface area contributed by atoms with Crippen molar-refractivity contribution in [2.24, 2.45) is 0 Å². The van der Waals surface area contributed by atoms with Gasteiger partial charge in [0.25, 0.3) is 5.17 Å². The summed E-state index contributed by atoms with van der Waals surface area (Å²) in [7, 11) is 0. The molecule has 1 heterocycles. The van der Waals surface area contributed by atoms with E-state index in [1.807, 2.05) is 41.8 Å². The Bertz CT molecular complexity index is 439. The van der Waals surface area contributed by atoms with Gasteiger partial charge < -0.3 is 10.1 Å². The first kappa shape index (κ1) is 11.1. The molecule has 0 fully saturated rings. The van der Waals surface area contributed by atoms with Gasteiger partial charge in [-0.25, -0.2) is 0 Å². The Morgan fingerprint density at radius 2 is 2.00 bits per heavy atom. The van der Waals surface area contributed by atoms with E-state index in [-0.39, 0.29) is 0 Å². The standard InChI is InChI=1S/C12H11NOS2/c15-12(13-9-11-7-4-8-16-11)14-10-5-2-1-3-6-10/h1-8H,9H2,(H,13,15). The van der Waals surface area contributed by atoms with Crippen LogP contribution in [-0.2, 0) is 6.54 Å². The van der Waals surface area contributed by atoms with Crippen molar-refractivity contribution in [1.29, 1.82) is 0 Å². The SMILES string of the molecule is S=C(NCc1cccs1)Oc1ccccc1. The Morgan fingerprint density at radius 1 is 1.19 bits per heavy atom. The van der Waals surface area contributed by atoms with Crippen LogP contribution in [0.4, 0.5) is 0 Å². The number of para-hydroxylation sites is 1. The van der Waals surface area contributed by atoms with Gasteiger partial charge in [-0.3, -0.25) is 0 Å². The predicted octanol–water partition coefficient (Wildman–Crippen LogP) is 3.20. The molecule has 1 aromatic heterocycles. The van der Waals surface area contributed by atoms with Crippen molar-refractivity contribution >= 4 is 28.7 Å². The molecular weight excluding hydrogens is 238 g/mol. The van der Waals surface area contributed by atoms with Gasteiger partial charge in [-0.1, -0.05) is 24.3 Å². The number of hydrogen-bond acceptors (Lipinski definition) is 3. The third kappa shape index (κ3) is 3.32. The van der Waals surface area contributed by atoms with Gasteiger partial charge in [-0.05, 0) is 35.8 Å². The van der Waals surface area contributed by atoms with Gasteiger partial charge in [0.1, 0.15) is 5.75 Å². The molecule has 2 rings (SSSR count). The van der Waals surface area contributed by atoms with Gasteiger partial charge >= 0.3 is 0 Å². The molecule has 0 unspecified atom stereocenters. The van der Waals surface area contributed by atoms with Gasteiger partial charge in [0.05, 0.1) is 6.54 Å². The molecule has 0 saturated heterocycles. The zero-order chi connectivity index (χ0) is 11.2. The Kier molecular flexibility index (Phi) is 3.91. The first-order valence-electron chi connectivity index (χ1n) is 4.88. The summed E-state index contributed by atoms with van der Waals surface area (Å²) >= 11 is 6.77. The minimum absolute atomic E-state index is 0.402. The monoisotopic (exact) mass is 249 g/mol. The third-order valence-corrected chi connectivity index (χ3v) is 3.04. The molecule has 0 bridgehead atoms. The van der Waals surface area contributed by atoms with Gasteiger partial charge in [-0.2, -0.15) is 0 Å². The summed E-state index contributed by atoms with van der Waals surface area (Å²) in [6.45, 7) is 0.712. The van der Waals surface area contributed by atoms with E-state index < -0.39 is 0 Å². The van der Waals surface area contributed by atoms with E-state index in [9.17, 15) is 0 Å². The highest BCUT2D eigenvalue weighted by Gasteiger charge is 1.99. The molecule has 0 aliphatic heterocycles. The number of thiophene rings is 1. The molecular formula is C12H11NOS2. The summed E-state index contributed by atoms with van der Waals surface area (Å²) in [6.07, 6.45) is 0. The molecule has 4 heteroatoms. The maximum Gasteiger partial charge on any atom is 0.262 e. The molecule has 1 N–H and O–H groups in total. The van der Waals surface area contributed by atoms with Crippen LogP contribution >= 0.6 is 23.6 Å². The molecule has 0 aliphatic carbocycles. The van der Waals surface area contributed by atoms with Crippen LogP contribution in [0.3, 0.4) is 0 Å². The van der Waals surface area contributed by atoms with Crippen LogP contribution in [0.2, 0.25) is 0 Å². The lowest BCUT2D eigenvalue weighted by atomic mass is 10.3. The fourth-order valence-electron chi connectivity index (χ4n) is 1.20. The van der Waals surface area contributed by atoms with Crippen LogP contribution in [0.15, 0.2) is 47.8 Å². The summed E-state index contributed by atoms with van der Waals surface area (Å²) < 4.78 is 5.44. The van der Waals surface area contributed by atoms with Crippen molar-refractivity contribution in [3.8, 4) is 5.75 Å². The maximum absolute atomic E-state index is 5.44. The molecule has 0 spiro atoms. The fraction of sp³-hybridized carbons (Fsp3) is 0.0833. The highest BCUT2D eigenvalue weighted by molar-refractivity contribution is 7.80. The van der Waals surface area contributed by atoms with Crippen LogP contribution in [0.25, 0.3) is 0 Å². The summed E-state index contributed by atoms with van der Waals surface area (Å²) in [4.78, 5) is 1.24. The average molecular weight is 249 g/mol. The first-order valence-corrected chi connectivity index (χ1v) is 6.16. The van der Waals surface area contributed by atoms with Gasteiger partial charge in [0.2, 0.25) is 0 Å². The van der Waals surface area contributed by atoms with Gasteiger partial charge in [-0.15, -0.1) is 11.3 Å². The summed E-state index contributed by atoms with van der Waals surface area (Å²) in [5.74, 6) is 0.756. The second kappa shape index (κ2) is 5.63. The Balaban J connectivity index is 1.81. The molecule has 0 amide bonds. The lowest BCUT2D eigenvalue weighted by molar-refractivity contribution is 0.532. The normalized spacial score (nSPS) is 9.75. The van der Waals surface area contributed by atoms with Crippen LogP contribution in [0.1, 0.15) is 4.88 Å². The minimum atomic E-state index is 0.402. The Labute approximate surface area is 104 Å². The van der Waals surface area contributed by atoms with Crippen molar-refractivity contribution in [3.63, 3.8) is 0 Å². The lowest BCUT2D eigenvalue weighted by Crippen LogP contribution is -2.25. The molecule has 2 nitrogen and oxygen atoms in total. The Morgan fingerprint density at radius 3 is 2.69 bits per heavy atom. The highest BCUT2D eigenvalue weighted by atomic mass is 32.1. The quantitative estimate of drug-likeness (QED) is 0.844. The van der Waals surface area contributed by atoms with Crippen molar-refractivity contribution in [3.05, 3.63) is 52.7 Å². The van der Waals surface area contributed by atoms with E-state index in [0.29, 0.717) is 11.7 Å². The van der Waals surface area contributed by atoms with Crippen LogP contribution in [-0.4, -0.2) is 5.17 Å². The summed E-state index contributed by atoms with van der Waals surface area (Å²) in [6, 6.07) is 13.6. The van der Waals surface area contributed by atoms with Gasteiger partial charge in [0.15, 0.2) is 0 Å². The van der Waals surface area contributed by atoms with Crippen LogP contribution < -0.4 is 10.1 Å². The summed E-state index contributed by atoms with van der Waals surface area (Å²) in [5, 5.41) is 5.50. The smallest absolute Gasteiger partial charge is 0.262 e. The molecule has 16 heavy (non-hydrogen) atoms. The van der Waals surface area contributed by atoms with Crippen molar-refractivity contribution in [2.45, 2.75) is 6.54 Å². The number of ether oxygens (including phenoxy) is 1. The van der Waals surface area contributed by atoms with Crippen molar-refractivity contribution in [1.82, 2.24) is 5.32 Å². The highest BCUT2D eigenvalue weighted by Crippen LogP contribution is 2.10. The average Bonchev–Trinajstić information content (AvgIpc) is 2.81. The summed E-state index contributed by atoms with van der Waals surface area (Å²) in [5.41, 5.74) is 0. The molecule has 0 atom stereocenters. The zero-order valence-corrected chi connectivity index (χ0v) is 10.2. The largest absolute Gasteiger partial charge is 0.432 e. The molecule has 0 saturated carbocycles. The van der Waals surface area contributed by atoms with Crippen LogP contribution in [0.5, 0.6) is 5.75 Å². The third-order valence-electron chi connectivity index (χ3n) is 1.94.